The molecule has 0 aliphatic carbocycles. The highest BCUT2D eigenvalue weighted by molar-refractivity contribution is 5.29. The number of unbranched alkanes of at least 4 members (excludes halogenated alkanes) is 1. The second-order valence-corrected chi connectivity index (χ2v) is 4.59. The zero-order chi connectivity index (χ0) is 14.4. The first-order valence-corrected chi connectivity index (χ1v) is 6.50. The van der Waals surface area contributed by atoms with Crippen LogP contribution in [0.25, 0.3) is 0 Å². The number of hydrogen-bond acceptors (Lipinski definition) is 3. The number of aromatic nitrogens is 2. The van der Waals surface area contributed by atoms with E-state index in [0.717, 1.165) is 38.1 Å². The maximum atomic E-state index is 13.1. The Morgan fingerprint density at radius 2 is 1.95 bits per heavy atom. The number of benzene rings is 1. The summed E-state index contributed by atoms with van der Waals surface area (Å²) in [6, 6.07) is 2.27. The van der Waals surface area contributed by atoms with Gasteiger partial charge in [-0.3, -0.25) is 0 Å². The quantitative estimate of drug-likeness (QED) is 0.766. The monoisotopic (exact) mass is 281 g/mol. The standard InChI is InChI=1S/C14H17F2N3O/c15-12-7-11(8-13(16)14(12)20)9-17-3-1-2-5-19-6-4-18-10-19/h4,6-8,10,17,20H,1-3,5,9H2. The highest BCUT2D eigenvalue weighted by Crippen LogP contribution is 2.21. The van der Waals surface area contributed by atoms with Crippen LogP contribution in [0.2, 0.25) is 0 Å². The molecule has 0 saturated carbocycles. The Bertz CT molecular complexity index is 520. The summed E-state index contributed by atoms with van der Waals surface area (Å²) in [4.78, 5) is 3.96. The molecule has 6 heteroatoms. The van der Waals surface area contributed by atoms with E-state index in [4.69, 9.17) is 5.11 Å². The zero-order valence-corrected chi connectivity index (χ0v) is 11.0. The molecule has 1 heterocycles. The number of rotatable bonds is 7. The molecule has 0 aliphatic heterocycles. The Morgan fingerprint density at radius 1 is 1.20 bits per heavy atom. The van der Waals surface area contributed by atoms with Gasteiger partial charge < -0.3 is 15.0 Å². The fraction of sp³-hybridized carbons (Fsp3) is 0.357. The second kappa shape index (κ2) is 7.00. The molecule has 2 N–H and O–H groups in total. The lowest BCUT2D eigenvalue weighted by Gasteiger charge is -2.07. The van der Waals surface area contributed by atoms with Crippen molar-refractivity contribution in [1.82, 2.24) is 14.9 Å². The van der Waals surface area contributed by atoms with Gasteiger partial charge in [-0.15, -0.1) is 0 Å². The zero-order valence-electron chi connectivity index (χ0n) is 11.0. The van der Waals surface area contributed by atoms with Crippen molar-refractivity contribution >= 4 is 0 Å². The van der Waals surface area contributed by atoms with Gasteiger partial charge in [0.25, 0.3) is 0 Å². The highest BCUT2D eigenvalue weighted by atomic mass is 19.1. The van der Waals surface area contributed by atoms with Crippen molar-refractivity contribution in [3.63, 3.8) is 0 Å². The Kier molecular flexibility index (Phi) is 5.06. The molecule has 0 bridgehead atoms. The van der Waals surface area contributed by atoms with E-state index in [1.54, 1.807) is 12.5 Å². The van der Waals surface area contributed by atoms with Crippen LogP contribution in [0.5, 0.6) is 5.75 Å². The Morgan fingerprint density at radius 3 is 2.60 bits per heavy atom. The van der Waals surface area contributed by atoms with Gasteiger partial charge in [0.15, 0.2) is 17.4 Å². The van der Waals surface area contributed by atoms with Crippen molar-refractivity contribution in [2.75, 3.05) is 6.54 Å². The van der Waals surface area contributed by atoms with Crippen molar-refractivity contribution in [1.29, 1.82) is 0 Å². The minimum absolute atomic E-state index is 0.374. The molecule has 0 spiro atoms. The highest BCUT2D eigenvalue weighted by Gasteiger charge is 2.08. The van der Waals surface area contributed by atoms with E-state index in [1.807, 2.05) is 10.8 Å². The summed E-state index contributed by atoms with van der Waals surface area (Å²) >= 11 is 0. The molecule has 1 aromatic carbocycles. The van der Waals surface area contributed by atoms with E-state index < -0.39 is 17.4 Å². The Hall–Kier alpha value is -1.95. The number of hydrogen-bond donors (Lipinski definition) is 2. The van der Waals surface area contributed by atoms with Gasteiger partial charge >= 0.3 is 0 Å². The van der Waals surface area contributed by atoms with Gasteiger partial charge in [0, 0.05) is 25.5 Å². The van der Waals surface area contributed by atoms with E-state index in [9.17, 15) is 8.78 Å². The van der Waals surface area contributed by atoms with Crippen molar-refractivity contribution in [2.24, 2.45) is 0 Å². The SMILES string of the molecule is Oc1c(F)cc(CNCCCCn2ccnc2)cc1F. The number of halogens is 2. The average molecular weight is 281 g/mol. The molecule has 2 aromatic rings. The number of nitrogens with one attached hydrogen (secondary N) is 1. The molecular weight excluding hydrogens is 264 g/mol. The number of nitrogens with zero attached hydrogens (tertiary/aromatic N) is 2. The number of aryl methyl sites for hydroxylation is 1. The lowest BCUT2D eigenvalue weighted by atomic mass is 10.2. The van der Waals surface area contributed by atoms with Crippen molar-refractivity contribution in [2.45, 2.75) is 25.9 Å². The van der Waals surface area contributed by atoms with Gasteiger partial charge in [0.05, 0.1) is 6.33 Å². The van der Waals surface area contributed by atoms with Crippen LogP contribution in [0.1, 0.15) is 18.4 Å². The van der Waals surface area contributed by atoms with E-state index in [1.165, 1.54) is 0 Å². The average Bonchev–Trinajstić information content (AvgIpc) is 2.93. The molecule has 0 fully saturated rings. The van der Waals surface area contributed by atoms with E-state index in [0.29, 0.717) is 12.1 Å². The maximum Gasteiger partial charge on any atom is 0.187 e. The Labute approximate surface area is 116 Å². The van der Waals surface area contributed by atoms with Crippen molar-refractivity contribution in [3.05, 3.63) is 48.1 Å². The predicted octanol–water partition coefficient (Wildman–Crippen LogP) is 2.44. The normalized spacial score (nSPS) is 10.9. The van der Waals surface area contributed by atoms with Crippen LogP contribution >= 0.6 is 0 Å². The topological polar surface area (TPSA) is 50.1 Å². The second-order valence-electron chi connectivity index (χ2n) is 4.59. The molecular formula is C14H17F2N3O. The minimum Gasteiger partial charge on any atom is -0.503 e. The third-order valence-corrected chi connectivity index (χ3v) is 2.98. The molecule has 0 aliphatic rings. The van der Waals surface area contributed by atoms with Crippen molar-refractivity contribution < 1.29 is 13.9 Å². The molecule has 108 valence electrons. The summed E-state index contributed by atoms with van der Waals surface area (Å²) in [5, 5.41) is 12.1. The van der Waals surface area contributed by atoms with E-state index in [-0.39, 0.29) is 0 Å². The van der Waals surface area contributed by atoms with Crippen LogP contribution in [0.3, 0.4) is 0 Å². The van der Waals surface area contributed by atoms with Crippen LogP contribution in [-0.4, -0.2) is 21.2 Å². The molecule has 0 saturated heterocycles. The first-order chi connectivity index (χ1) is 9.66. The van der Waals surface area contributed by atoms with E-state index >= 15 is 0 Å². The van der Waals surface area contributed by atoms with Crippen LogP contribution < -0.4 is 5.32 Å². The van der Waals surface area contributed by atoms with E-state index in [2.05, 4.69) is 10.3 Å². The van der Waals surface area contributed by atoms with Crippen LogP contribution in [0.15, 0.2) is 30.9 Å². The lowest BCUT2D eigenvalue weighted by molar-refractivity contribution is 0.395. The van der Waals surface area contributed by atoms with Gasteiger partial charge in [-0.25, -0.2) is 13.8 Å². The summed E-state index contributed by atoms with van der Waals surface area (Å²) < 4.78 is 28.2. The number of phenolic OH excluding ortho intramolecular Hbond substituents is 1. The summed E-state index contributed by atoms with van der Waals surface area (Å²) in [5.41, 5.74) is 0.479. The summed E-state index contributed by atoms with van der Waals surface area (Å²) in [6.45, 7) is 2.04. The molecule has 0 atom stereocenters. The van der Waals surface area contributed by atoms with Gasteiger partial charge in [0.2, 0.25) is 0 Å². The van der Waals surface area contributed by atoms with Crippen LogP contribution in [0, 0.1) is 11.6 Å². The smallest absolute Gasteiger partial charge is 0.187 e. The first kappa shape index (κ1) is 14.5. The summed E-state index contributed by atoms with van der Waals surface area (Å²) in [6.07, 6.45) is 7.39. The van der Waals surface area contributed by atoms with Gasteiger partial charge in [-0.2, -0.15) is 0 Å². The number of phenols is 1. The van der Waals surface area contributed by atoms with Gasteiger partial charge in [-0.05, 0) is 37.1 Å². The van der Waals surface area contributed by atoms with Crippen LogP contribution in [-0.2, 0) is 13.1 Å². The third-order valence-electron chi connectivity index (χ3n) is 2.98. The first-order valence-electron chi connectivity index (χ1n) is 6.50. The summed E-state index contributed by atoms with van der Waals surface area (Å²) in [7, 11) is 0. The molecule has 4 nitrogen and oxygen atoms in total. The number of imidazole rings is 1. The fourth-order valence-corrected chi connectivity index (χ4v) is 1.92. The van der Waals surface area contributed by atoms with Gasteiger partial charge in [-0.1, -0.05) is 0 Å². The third kappa shape index (κ3) is 4.03. The fourth-order valence-electron chi connectivity index (χ4n) is 1.92. The molecule has 20 heavy (non-hydrogen) atoms. The number of aromatic hydroxyl groups is 1. The predicted molar refractivity (Wildman–Crippen MR) is 71.2 cm³/mol. The Balaban J connectivity index is 1.66. The lowest BCUT2D eigenvalue weighted by Crippen LogP contribution is -2.15. The molecule has 0 unspecified atom stereocenters. The minimum atomic E-state index is -0.929. The molecule has 0 amide bonds. The summed E-state index contributed by atoms with van der Waals surface area (Å²) in [5.74, 6) is -2.78. The van der Waals surface area contributed by atoms with Crippen molar-refractivity contribution in [3.8, 4) is 5.75 Å². The molecule has 0 radical (unpaired) electrons. The van der Waals surface area contributed by atoms with Crippen LogP contribution in [0.4, 0.5) is 8.78 Å². The van der Waals surface area contributed by atoms with Gasteiger partial charge in [0.1, 0.15) is 0 Å². The molecule has 2 rings (SSSR count). The maximum absolute atomic E-state index is 13.1. The largest absolute Gasteiger partial charge is 0.503 e. The molecule has 1 aromatic heterocycles.